The van der Waals surface area contributed by atoms with Crippen LogP contribution in [-0.4, -0.2) is 170 Å². The van der Waals surface area contributed by atoms with E-state index in [1.165, 1.54) is 0 Å². The first kappa shape index (κ1) is 30.6. The second-order valence-electron chi connectivity index (χ2n) is 1.03. The van der Waals surface area contributed by atoms with Crippen LogP contribution in [-0.2, 0) is 9.13 Å². The molecule has 0 bridgehead atoms. The Morgan fingerprint density at radius 3 is 0.615 bits per heavy atom. The van der Waals surface area contributed by atoms with Gasteiger partial charge in [-0.2, -0.15) is 0 Å². The van der Waals surface area contributed by atoms with Crippen molar-refractivity contribution in [3.8, 4) is 0 Å². The minimum atomic E-state index is -4.64. The Morgan fingerprint density at radius 2 is 0.615 bits per heavy atom. The third-order valence-electron chi connectivity index (χ3n) is 0. The van der Waals surface area contributed by atoms with E-state index in [1.54, 1.807) is 0 Å². The summed E-state index contributed by atoms with van der Waals surface area (Å²) in [5.41, 5.74) is 0. The third-order valence-corrected chi connectivity index (χ3v) is 0. The first-order chi connectivity index (χ1) is 4.00. The molecule has 0 saturated carbocycles. The maximum atomic E-state index is 8.88. The normalized spacial score (nSPS) is 9.08. The fraction of sp³-hybridized carbons (Fsp3) is 0. The Hall–Kier alpha value is 4.75. The van der Waals surface area contributed by atoms with Crippen LogP contribution in [0.2, 0.25) is 0 Å². The Labute approximate surface area is 189 Å². The molecule has 0 heterocycles. The van der Waals surface area contributed by atoms with Gasteiger partial charge in [0.1, 0.15) is 0 Å². The SMILES string of the molecule is O=P(O)(O)O.O=P(O)(O)O.[CaH2].[KH].[KH]. The van der Waals surface area contributed by atoms with Crippen LogP contribution in [0.15, 0.2) is 0 Å². The molecule has 0 aliphatic heterocycles. The van der Waals surface area contributed by atoms with Gasteiger partial charge >= 0.3 is 156 Å². The molecule has 0 aromatic carbocycles. The predicted molar refractivity (Wildman–Crippen MR) is 51.4 cm³/mol. The summed E-state index contributed by atoms with van der Waals surface area (Å²) in [7, 11) is -9.28. The summed E-state index contributed by atoms with van der Waals surface area (Å²) < 4.78 is 17.8. The second-order valence-corrected chi connectivity index (χ2v) is 3.08. The van der Waals surface area contributed by atoms with E-state index in [9.17, 15) is 0 Å². The van der Waals surface area contributed by atoms with E-state index in [4.69, 9.17) is 38.5 Å². The van der Waals surface area contributed by atoms with Gasteiger partial charge in [-0.1, -0.05) is 0 Å². The molecule has 6 N–H and O–H groups in total. The van der Waals surface area contributed by atoms with E-state index in [0.717, 1.165) is 0 Å². The fourth-order valence-corrected chi connectivity index (χ4v) is 0. The average molecular weight is 318 g/mol. The van der Waals surface area contributed by atoms with Crippen molar-refractivity contribution in [2.45, 2.75) is 0 Å². The summed E-state index contributed by atoms with van der Waals surface area (Å²) in [6, 6.07) is 0. The van der Waals surface area contributed by atoms with Gasteiger partial charge in [0.05, 0.1) is 0 Å². The summed E-state index contributed by atoms with van der Waals surface area (Å²) in [5.74, 6) is 0. The van der Waals surface area contributed by atoms with Crippen molar-refractivity contribution in [2.75, 3.05) is 0 Å². The monoisotopic (exact) mass is 318 g/mol. The van der Waals surface area contributed by atoms with Gasteiger partial charge in [-0.15, -0.1) is 0 Å². The Bertz CT molecular complexity index is 132. The molecule has 0 radical (unpaired) electrons. The fourth-order valence-electron chi connectivity index (χ4n) is 0. The van der Waals surface area contributed by atoms with E-state index in [-0.39, 0.29) is 141 Å². The zero-order valence-corrected chi connectivity index (χ0v) is 6.18. The van der Waals surface area contributed by atoms with E-state index in [2.05, 4.69) is 0 Å². The molecule has 0 spiro atoms. The van der Waals surface area contributed by atoms with Gasteiger partial charge in [0.25, 0.3) is 0 Å². The molecule has 0 saturated heterocycles. The van der Waals surface area contributed by atoms with Gasteiger partial charge in [0.2, 0.25) is 0 Å². The van der Waals surface area contributed by atoms with Gasteiger partial charge < -0.3 is 29.4 Å². The molecule has 0 rings (SSSR count). The zero-order chi connectivity index (χ0) is 9.00. The molecule has 0 aromatic rings. The molecular formula is H10CaK2O8P2. The molecule has 13 heavy (non-hydrogen) atoms. The summed E-state index contributed by atoms with van der Waals surface area (Å²) in [6.07, 6.45) is 0. The van der Waals surface area contributed by atoms with Gasteiger partial charge in [-0.05, 0) is 0 Å². The first-order valence-electron chi connectivity index (χ1n) is 1.57. The van der Waals surface area contributed by atoms with Crippen LogP contribution in [0.25, 0.3) is 0 Å². The molecule has 72 valence electrons. The van der Waals surface area contributed by atoms with E-state index in [1.807, 2.05) is 0 Å². The zero-order valence-electron chi connectivity index (χ0n) is 4.39. The van der Waals surface area contributed by atoms with Crippen LogP contribution in [0.4, 0.5) is 0 Å². The number of hydrogen-bond acceptors (Lipinski definition) is 2. The molecular weight excluding hydrogens is 308 g/mol. The Balaban J connectivity index is -0.0000000267. The van der Waals surface area contributed by atoms with Crippen molar-refractivity contribution in [2.24, 2.45) is 0 Å². The minimum absolute atomic E-state index is 0. The van der Waals surface area contributed by atoms with E-state index >= 15 is 0 Å². The van der Waals surface area contributed by atoms with Gasteiger partial charge in [-0.25, -0.2) is 9.13 Å². The van der Waals surface area contributed by atoms with Gasteiger partial charge in [0, 0.05) is 0 Å². The van der Waals surface area contributed by atoms with Crippen molar-refractivity contribution < 1.29 is 38.5 Å². The quantitative estimate of drug-likeness (QED) is 0.195. The maximum absolute atomic E-state index is 8.88. The van der Waals surface area contributed by atoms with Gasteiger partial charge in [0.15, 0.2) is 0 Å². The van der Waals surface area contributed by atoms with E-state index in [0.29, 0.717) is 0 Å². The number of hydrogen-bond donors (Lipinski definition) is 6. The topological polar surface area (TPSA) is 156 Å². The van der Waals surface area contributed by atoms with Crippen LogP contribution in [0.3, 0.4) is 0 Å². The molecule has 0 atom stereocenters. The number of rotatable bonds is 0. The second kappa shape index (κ2) is 14.8. The van der Waals surface area contributed by atoms with Crippen molar-refractivity contribution in [3.63, 3.8) is 0 Å². The molecule has 0 aliphatic carbocycles. The Kier molecular flexibility index (Phi) is 34.9. The van der Waals surface area contributed by atoms with Crippen LogP contribution in [0.5, 0.6) is 0 Å². The van der Waals surface area contributed by atoms with Crippen LogP contribution in [0, 0.1) is 0 Å². The van der Waals surface area contributed by atoms with Crippen LogP contribution < -0.4 is 0 Å². The summed E-state index contributed by atoms with van der Waals surface area (Å²) in [5, 5.41) is 0. The molecule has 13 heteroatoms. The molecule has 8 nitrogen and oxygen atoms in total. The van der Waals surface area contributed by atoms with Crippen molar-refractivity contribution >= 4 is 156 Å². The van der Waals surface area contributed by atoms with Gasteiger partial charge in [-0.3, -0.25) is 0 Å². The van der Waals surface area contributed by atoms with Crippen LogP contribution in [0.1, 0.15) is 0 Å². The number of phosphoric acid groups is 2. The predicted octanol–water partition coefficient (Wildman–Crippen LogP) is -4.07. The summed E-state index contributed by atoms with van der Waals surface area (Å²) in [6.45, 7) is 0. The molecule has 0 aromatic heterocycles. The first-order valence-corrected chi connectivity index (χ1v) is 4.70. The molecule has 0 amide bonds. The van der Waals surface area contributed by atoms with Crippen molar-refractivity contribution in [1.29, 1.82) is 0 Å². The van der Waals surface area contributed by atoms with E-state index < -0.39 is 15.6 Å². The summed E-state index contributed by atoms with van der Waals surface area (Å²) in [4.78, 5) is 43.1. The Morgan fingerprint density at radius 1 is 0.615 bits per heavy atom. The molecule has 0 fully saturated rings. The van der Waals surface area contributed by atoms with Crippen LogP contribution >= 0.6 is 15.6 Å². The molecule has 0 unspecified atom stereocenters. The third kappa shape index (κ3) is 161. The molecule has 0 aliphatic rings. The van der Waals surface area contributed by atoms with Crippen molar-refractivity contribution in [3.05, 3.63) is 0 Å². The summed E-state index contributed by atoms with van der Waals surface area (Å²) >= 11 is 0. The average Bonchev–Trinajstić information content (AvgIpc) is 1.12. The standard InChI is InChI=1S/Ca.2K.2H3O4P.4H/c;;;2*1-5(2,3)4;;;;/h;;;2*(H3,1,2,3,4);;;;. The van der Waals surface area contributed by atoms with Crippen molar-refractivity contribution in [1.82, 2.24) is 0 Å².